The molecule has 2 heterocycles. The van der Waals surface area contributed by atoms with Crippen molar-refractivity contribution in [2.24, 2.45) is 0 Å². The van der Waals surface area contributed by atoms with Crippen LogP contribution in [0.5, 0.6) is 0 Å². The first kappa shape index (κ1) is 15.3. The van der Waals surface area contributed by atoms with Crippen LogP contribution in [0.2, 0.25) is 0 Å². The van der Waals surface area contributed by atoms with E-state index in [-0.39, 0.29) is 31.3 Å². The third-order valence-corrected chi connectivity index (χ3v) is 3.71. The van der Waals surface area contributed by atoms with Gasteiger partial charge in [0.25, 0.3) is 11.8 Å². The number of anilines is 1. The van der Waals surface area contributed by atoms with Crippen LogP contribution in [0.25, 0.3) is 0 Å². The highest BCUT2D eigenvalue weighted by Crippen LogP contribution is 2.30. The van der Waals surface area contributed by atoms with Crippen molar-refractivity contribution in [1.29, 1.82) is 0 Å². The molecule has 1 saturated heterocycles. The SMILES string of the molecule is Cl.Nc1cccc2c1CN(C1CC(O)C(=O)NC1=O)C2=O. The van der Waals surface area contributed by atoms with Gasteiger partial charge in [0, 0.05) is 29.8 Å². The van der Waals surface area contributed by atoms with Gasteiger partial charge in [-0.2, -0.15) is 0 Å². The molecule has 2 aliphatic heterocycles. The summed E-state index contributed by atoms with van der Waals surface area (Å²) < 4.78 is 0. The minimum atomic E-state index is -1.29. The van der Waals surface area contributed by atoms with Crippen molar-refractivity contribution in [1.82, 2.24) is 10.2 Å². The summed E-state index contributed by atoms with van der Waals surface area (Å²) in [5.41, 5.74) is 7.46. The fraction of sp³-hybridized carbons (Fsp3) is 0.308. The minimum absolute atomic E-state index is 0. The molecule has 3 amide bonds. The van der Waals surface area contributed by atoms with Crippen LogP contribution in [0.4, 0.5) is 5.69 Å². The fourth-order valence-corrected chi connectivity index (χ4v) is 2.61. The Kier molecular flexibility index (Phi) is 3.89. The standard InChI is InChI=1S/C13H13N3O4.ClH/c14-8-3-1-2-6-7(8)5-16(13(6)20)9-4-10(17)12(19)15-11(9)18;/h1-3,9-10,17H,4-5,14H2,(H,15,18,19);1H. The molecular formula is C13H14ClN3O4. The number of hydrogen-bond acceptors (Lipinski definition) is 5. The number of aliphatic hydroxyl groups is 1. The van der Waals surface area contributed by atoms with E-state index in [9.17, 15) is 19.5 Å². The largest absolute Gasteiger partial charge is 0.398 e. The number of imide groups is 1. The van der Waals surface area contributed by atoms with Gasteiger partial charge in [-0.05, 0) is 12.1 Å². The number of nitrogens with two attached hydrogens (primary N) is 1. The van der Waals surface area contributed by atoms with Gasteiger partial charge in [0.15, 0.2) is 0 Å². The van der Waals surface area contributed by atoms with Gasteiger partial charge in [0.2, 0.25) is 5.91 Å². The Bertz CT molecular complexity index is 634. The second kappa shape index (κ2) is 5.34. The number of carbonyl (C=O) groups excluding carboxylic acids is 3. The Morgan fingerprint density at radius 1 is 1.24 bits per heavy atom. The molecule has 0 bridgehead atoms. The van der Waals surface area contributed by atoms with Crippen LogP contribution in [-0.4, -0.2) is 39.9 Å². The number of amides is 3. The minimum Gasteiger partial charge on any atom is -0.398 e. The number of nitrogens with zero attached hydrogens (tertiary/aromatic N) is 1. The predicted octanol–water partition coefficient (Wildman–Crippen LogP) is -0.578. The van der Waals surface area contributed by atoms with E-state index >= 15 is 0 Å². The average Bonchev–Trinajstić information content (AvgIpc) is 2.73. The second-order valence-electron chi connectivity index (χ2n) is 4.93. The highest BCUT2D eigenvalue weighted by molar-refractivity contribution is 6.07. The Balaban J connectivity index is 0.00000161. The number of benzene rings is 1. The van der Waals surface area contributed by atoms with Crippen molar-refractivity contribution in [2.75, 3.05) is 5.73 Å². The summed E-state index contributed by atoms with van der Waals surface area (Å²) >= 11 is 0. The van der Waals surface area contributed by atoms with Crippen LogP contribution in [0.1, 0.15) is 22.3 Å². The molecule has 7 nitrogen and oxygen atoms in total. The number of carbonyl (C=O) groups is 3. The van der Waals surface area contributed by atoms with Crippen molar-refractivity contribution >= 4 is 35.8 Å². The zero-order chi connectivity index (χ0) is 14.4. The first-order chi connectivity index (χ1) is 9.49. The lowest BCUT2D eigenvalue weighted by molar-refractivity contribution is -0.144. The van der Waals surface area contributed by atoms with E-state index in [0.717, 1.165) is 0 Å². The smallest absolute Gasteiger partial charge is 0.255 e. The Morgan fingerprint density at radius 2 is 1.95 bits per heavy atom. The maximum absolute atomic E-state index is 12.3. The van der Waals surface area contributed by atoms with Crippen molar-refractivity contribution in [3.05, 3.63) is 29.3 Å². The molecule has 1 fully saturated rings. The molecule has 1 aromatic rings. The van der Waals surface area contributed by atoms with E-state index in [2.05, 4.69) is 5.32 Å². The summed E-state index contributed by atoms with van der Waals surface area (Å²) in [5, 5.41) is 11.6. The van der Waals surface area contributed by atoms with Crippen LogP contribution < -0.4 is 11.1 Å². The predicted molar refractivity (Wildman–Crippen MR) is 75.5 cm³/mol. The Labute approximate surface area is 126 Å². The van der Waals surface area contributed by atoms with Crippen LogP contribution in [-0.2, 0) is 16.1 Å². The summed E-state index contributed by atoms with van der Waals surface area (Å²) in [7, 11) is 0. The lowest BCUT2D eigenvalue weighted by Gasteiger charge is -2.31. The fourth-order valence-electron chi connectivity index (χ4n) is 2.61. The third kappa shape index (κ3) is 2.34. The van der Waals surface area contributed by atoms with E-state index in [1.165, 1.54) is 4.90 Å². The van der Waals surface area contributed by atoms with Gasteiger partial charge in [0.1, 0.15) is 12.1 Å². The maximum Gasteiger partial charge on any atom is 0.255 e. The zero-order valence-electron chi connectivity index (χ0n) is 10.9. The number of aliphatic hydroxyl groups excluding tert-OH is 1. The number of nitrogen functional groups attached to an aromatic ring is 1. The Morgan fingerprint density at radius 3 is 2.62 bits per heavy atom. The highest BCUT2D eigenvalue weighted by Gasteiger charge is 2.42. The number of hydrogen-bond donors (Lipinski definition) is 3. The first-order valence-electron chi connectivity index (χ1n) is 6.20. The quantitative estimate of drug-likeness (QED) is 0.474. The highest BCUT2D eigenvalue weighted by atomic mass is 35.5. The second-order valence-corrected chi connectivity index (χ2v) is 4.93. The monoisotopic (exact) mass is 311 g/mol. The third-order valence-electron chi connectivity index (χ3n) is 3.71. The molecule has 1 aromatic carbocycles. The molecule has 21 heavy (non-hydrogen) atoms. The van der Waals surface area contributed by atoms with Gasteiger partial charge >= 0.3 is 0 Å². The van der Waals surface area contributed by atoms with E-state index in [4.69, 9.17) is 5.73 Å². The number of fused-ring (bicyclic) bond motifs is 1. The van der Waals surface area contributed by atoms with Crippen molar-refractivity contribution < 1.29 is 19.5 Å². The van der Waals surface area contributed by atoms with Crippen molar-refractivity contribution in [3.8, 4) is 0 Å². The number of halogens is 1. The van der Waals surface area contributed by atoms with E-state index in [0.29, 0.717) is 16.8 Å². The van der Waals surface area contributed by atoms with E-state index < -0.39 is 24.0 Å². The summed E-state index contributed by atoms with van der Waals surface area (Å²) in [6, 6.07) is 4.15. The summed E-state index contributed by atoms with van der Waals surface area (Å²) in [6.07, 6.45) is -1.38. The maximum atomic E-state index is 12.3. The van der Waals surface area contributed by atoms with Gasteiger partial charge < -0.3 is 15.7 Å². The van der Waals surface area contributed by atoms with Crippen LogP contribution >= 0.6 is 12.4 Å². The summed E-state index contributed by atoms with van der Waals surface area (Å²) in [4.78, 5) is 36.7. The molecule has 2 atom stereocenters. The number of piperidine rings is 1. The van der Waals surface area contributed by atoms with Crippen LogP contribution in [0.3, 0.4) is 0 Å². The normalized spacial score (nSPS) is 24.4. The molecule has 0 aromatic heterocycles. The lowest BCUT2D eigenvalue weighted by atomic mass is 10.0. The molecule has 3 rings (SSSR count). The molecule has 0 radical (unpaired) electrons. The van der Waals surface area contributed by atoms with Gasteiger partial charge in [0.05, 0.1) is 0 Å². The molecule has 0 saturated carbocycles. The first-order valence-corrected chi connectivity index (χ1v) is 6.20. The number of rotatable bonds is 1. The topological polar surface area (TPSA) is 113 Å². The summed E-state index contributed by atoms with van der Waals surface area (Å²) in [5.74, 6) is -1.61. The van der Waals surface area contributed by atoms with Crippen molar-refractivity contribution in [2.45, 2.75) is 25.1 Å². The molecular weight excluding hydrogens is 298 g/mol. The van der Waals surface area contributed by atoms with Gasteiger partial charge in [-0.3, -0.25) is 19.7 Å². The van der Waals surface area contributed by atoms with Gasteiger partial charge in [-0.15, -0.1) is 12.4 Å². The van der Waals surface area contributed by atoms with Gasteiger partial charge in [-0.25, -0.2) is 0 Å². The molecule has 0 aliphatic carbocycles. The molecule has 112 valence electrons. The van der Waals surface area contributed by atoms with Crippen molar-refractivity contribution in [3.63, 3.8) is 0 Å². The van der Waals surface area contributed by atoms with E-state index in [1.54, 1.807) is 18.2 Å². The molecule has 4 N–H and O–H groups in total. The molecule has 2 unspecified atom stereocenters. The van der Waals surface area contributed by atoms with Crippen LogP contribution in [0.15, 0.2) is 18.2 Å². The summed E-state index contributed by atoms with van der Waals surface area (Å²) in [6.45, 7) is 0.208. The van der Waals surface area contributed by atoms with Crippen LogP contribution in [0, 0.1) is 0 Å². The average molecular weight is 312 g/mol. The van der Waals surface area contributed by atoms with E-state index in [1.807, 2.05) is 0 Å². The zero-order valence-corrected chi connectivity index (χ0v) is 11.7. The molecule has 2 aliphatic rings. The Hall–Kier alpha value is -2.12. The molecule has 8 heteroatoms. The van der Waals surface area contributed by atoms with Gasteiger partial charge in [-0.1, -0.05) is 6.07 Å². The number of nitrogens with one attached hydrogen (secondary N) is 1. The lowest BCUT2D eigenvalue weighted by Crippen LogP contribution is -2.57. The molecule has 0 spiro atoms.